The normalized spacial score (nSPS) is 23.2. The lowest BCUT2D eigenvalue weighted by molar-refractivity contribution is -0.0314. The zero-order valence-electron chi connectivity index (χ0n) is 10.8. The maximum absolute atomic E-state index is 9.99. The van der Waals surface area contributed by atoms with E-state index in [0.717, 1.165) is 31.8 Å². The monoisotopic (exact) mass is 266 g/mol. The van der Waals surface area contributed by atoms with Crippen LogP contribution in [0.2, 0.25) is 0 Å². The van der Waals surface area contributed by atoms with Crippen molar-refractivity contribution in [2.45, 2.75) is 63.0 Å². The van der Waals surface area contributed by atoms with Crippen LogP contribution in [0.5, 0.6) is 0 Å². The van der Waals surface area contributed by atoms with Crippen molar-refractivity contribution >= 4 is 11.3 Å². The van der Waals surface area contributed by atoms with E-state index < -0.39 is 5.60 Å². The number of hydrogen-bond donors (Lipinski definition) is 2. The summed E-state index contributed by atoms with van der Waals surface area (Å²) in [5.41, 5.74) is -0.418. The van der Waals surface area contributed by atoms with E-state index in [4.69, 9.17) is 0 Å². The van der Waals surface area contributed by atoms with Crippen LogP contribution in [0.1, 0.15) is 60.7 Å². The first-order valence-electron chi connectivity index (χ1n) is 7.13. The summed E-state index contributed by atoms with van der Waals surface area (Å²) in [6.45, 7) is 1.58. The predicted octanol–water partition coefficient (Wildman–Crippen LogP) is 2.81. The Morgan fingerprint density at radius 3 is 2.78 bits per heavy atom. The molecule has 1 aromatic heterocycles. The van der Waals surface area contributed by atoms with Crippen LogP contribution in [0.15, 0.2) is 6.20 Å². The maximum atomic E-state index is 9.99. The topological polar surface area (TPSA) is 45.1 Å². The second-order valence-electron chi connectivity index (χ2n) is 5.83. The van der Waals surface area contributed by atoms with Crippen molar-refractivity contribution in [3.8, 4) is 0 Å². The van der Waals surface area contributed by atoms with Crippen LogP contribution in [0, 0.1) is 0 Å². The van der Waals surface area contributed by atoms with E-state index in [1.165, 1.54) is 42.0 Å². The molecule has 2 fully saturated rings. The lowest BCUT2D eigenvalue weighted by atomic mass is 9.80. The third-order valence-corrected chi connectivity index (χ3v) is 5.47. The molecular weight excluding hydrogens is 244 g/mol. The van der Waals surface area contributed by atoms with Crippen LogP contribution in [0.4, 0.5) is 0 Å². The van der Waals surface area contributed by atoms with Gasteiger partial charge in [-0.3, -0.25) is 0 Å². The quantitative estimate of drug-likeness (QED) is 0.861. The van der Waals surface area contributed by atoms with Gasteiger partial charge in [0.05, 0.1) is 10.6 Å². The summed E-state index contributed by atoms with van der Waals surface area (Å²) >= 11 is 1.85. The zero-order chi connectivity index (χ0) is 12.4. The molecule has 0 amide bonds. The second kappa shape index (κ2) is 5.27. The first-order chi connectivity index (χ1) is 8.75. The number of nitrogens with zero attached hydrogens (tertiary/aromatic N) is 1. The van der Waals surface area contributed by atoms with E-state index in [-0.39, 0.29) is 0 Å². The smallest absolute Gasteiger partial charge is 0.0959 e. The van der Waals surface area contributed by atoms with E-state index in [0.29, 0.717) is 0 Å². The van der Waals surface area contributed by atoms with Crippen LogP contribution in [0.25, 0.3) is 0 Å². The molecule has 2 aliphatic rings. The summed E-state index contributed by atoms with van der Waals surface area (Å²) in [4.78, 5) is 5.87. The van der Waals surface area contributed by atoms with Crippen LogP contribution in [-0.4, -0.2) is 22.2 Å². The highest BCUT2D eigenvalue weighted by Crippen LogP contribution is 2.36. The van der Waals surface area contributed by atoms with Gasteiger partial charge in [-0.2, -0.15) is 0 Å². The van der Waals surface area contributed by atoms with Gasteiger partial charge in [0.25, 0.3) is 0 Å². The minimum atomic E-state index is -0.418. The van der Waals surface area contributed by atoms with Crippen molar-refractivity contribution in [3.05, 3.63) is 16.1 Å². The van der Waals surface area contributed by atoms with Gasteiger partial charge in [-0.05, 0) is 32.1 Å². The van der Waals surface area contributed by atoms with E-state index >= 15 is 0 Å². The molecule has 0 bridgehead atoms. The Balaban J connectivity index is 1.47. The lowest BCUT2D eigenvalue weighted by Crippen LogP contribution is -2.45. The highest BCUT2D eigenvalue weighted by molar-refractivity contribution is 7.11. The Labute approximate surface area is 113 Å². The van der Waals surface area contributed by atoms with Crippen LogP contribution >= 0.6 is 11.3 Å². The molecule has 2 saturated carbocycles. The Hall–Kier alpha value is -0.450. The van der Waals surface area contributed by atoms with Gasteiger partial charge in [-0.25, -0.2) is 4.98 Å². The highest BCUT2D eigenvalue weighted by atomic mass is 32.1. The van der Waals surface area contributed by atoms with Gasteiger partial charge in [0.15, 0.2) is 0 Å². The van der Waals surface area contributed by atoms with Gasteiger partial charge >= 0.3 is 0 Å². The van der Waals surface area contributed by atoms with Gasteiger partial charge in [0, 0.05) is 30.1 Å². The zero-order valence-corrected chi connectivity index (χ0v) is 11.6. The summed E-state index contributed by atoms with van der Waals surface area (Å²) in [5, 5.41) is 14.7. The molecule has 3 nitrogen and oxygen atoms in total. The molecule has 0 aromatic carbocycles. The second-order valence-corrected chi connectivity index (χ2v) is 6.97. The number of hydrogen-bond acceptors (Lipinski definition) is 4. The first kappa shape index (κ1) is 12.6. The molecule has 0 atom stereocenters. The Kier molecular flexibility index (Phi) is 3.68. The molecule has 2 aliphatic carbocycles. The summed E-state index contributed by atoms with van der Waals surface area (Å²) < 4.78 is 0. The number of nitrogens with one attached hydrogen (secondary N) is 1. The molecule has 1 heterocycles. The summed E-state index contributed by atoms with van der Waals surface area (Å²) in [7, 11) is 0. The van der Waals surface area contributed by atoms with Crippen molar-refractivity contribution in [1.82, 2.24) is 10.3 Å². The molecule has 1 aromatic rings. The molecule has 4 heteroatoms. The molecule has 3 rings (SSSR count). The average molecular weight is 266 g/mol. The van der Waals surface area contributed by atoms with Crippen molar-refractivity contribution in [2.24, 2.45) is 0 Å². The van der Waals surface area contributed by atoms with Crippen LogP contribution < -0.4 is 5.32 Å². The largest absolute Gasteiger partial charge is 0.389 e. The minimum Gasteiger partial charge on any atom is -0.389 e. The van der Waals surface area contributed by atoms with Gasteiger partial charge in [0.1, 0.15) is 0 Å². The third-order valence-electron chi connectivity index (χ3n) is 4.31. The van der Waals surface area contributed by atoms with Gasteiger partial charge in [-0.1, -0.05) is 12.8 Å². The van der Waals surface area contributed by atoms with E-state index in [2.05, 4.69) is 10.3 Å². The molecule has 0 spiro atoms. The Bertz CT molecular complexity index is 394. The summed E-state index contributed by atoms with van der Waals surface area (Å²) in [6, 6.07) is 0. The molecule has 0 aliphatic heterocycles. The van der Waals surface area contributed by atoms with E-state index in [1.54, 1.807) is 0 Å². The van der Waals surface area contributed by atoms with Crippen molar-refractivity contribution < 1.29 is 5.11 Å². The molecule has 2 N–H and O–H groups in total. The van der Waals surface area contributed by atoms with Crippen molar-refractivity contribution in [2.75, 3.05) is 6.54 Å². The van der Waals surface area contributed by atoms with Gasteiger partial charge in [0.2, 0.25) is 0 Å². The van der Waals surface area contributed by atoms with Gasteiger partial charge < -0.3 is 10.4 Å². The van der Waals surface area contributed by atoms with Crippen LogP contribution in [-0.2, 0) is 6.54 Å². The third kappa shape index (κ3) is 2.76. The number of aromatic nitrogens is 1. The van der Waals surface area contributed by atoms with Gasteiger partial charge in [-0.15, -0.1) is 11.3 Å². The fourth-order valence-electron chi connectivity index (χ4n) is 2.95. The average Bonchev–Trinajstić information content (AvgIpc) is 2.96. The number of rotatable bonds is 5. The number of aliphatic hydroxyl groups is 1. The standard InChI is InChI=1S/C14H22N2OS/c17-14(6-3-7-14)10-15-8-12-9-16-13(18-12)11-4-1-2-5-11/h9,11,15,17H,1-8,10H2. The van der Waals surface area contributed by atoms with Crippen molar-refractivity contribution in [3.63, 3.8) is 0 Å². The maximum Gasteiger partial charge on any atom is 0.0959 e. The molecule has 100 valence electrons. The predicted molar refractivity (Wildman–Crippen MR) is 73.8 cm³/mol. The molecular formula is C14H22N2OS. The van der Waals surface area contributed by atoms with Crippen molar-refractivity contribution in [1.29, 1.82) is 0 Å². The van der Waals surface area contributed by atoms with E-state index in [1.807, 2.05) is 17.5 Å². The lowest BCUT2D eigenvalue weighted by Gasteiger charge is -2.36. The van der Waals surface area contributed by atoms with Crippen LogP contribution in [0.3, 0.4) is 0 Å². The fraction of sp³-hybridized carbons (Fsp3) is 0.786. The molecule has 0 unspecified atom stereocenters. The Morgan fingerprint density at radius 1 is 1.33 bits per heavy atom. The highest BCUT2D eigenvalue weighted by Gasteiger charge is 2.33. The minimum absolute atomic E-state index is 0.418. The molecule has 0 radical (unpaired) electrons. The van der Waals surface area contributed by atoms with E-state index in [9.17, 15) is 5.11 Å². The molecule has 0 saturated heterocycles. The Morgan fingerprint density at radius 2 is 2.11 bits per heavy atom. The SMILES string of the molecule is OC1(CNCc2cnc(C3CCCC3)s2)CCC1. The first-order valence-corrected chi connectivity index (χ1v) is 7.95. The molecule has 18 heavy (non-hydrogen) atoms. The summed E-state index contributed by atoms with van der Waals surface area (Å²) in [6.07, 6.45) is 10.5. The number of thiazole rings is 1. The summed E-state index contributed by atoms with van der Waals surface area (Å²) in [5.74, 6) is 0.722. The fourth-order valence-corrected chi connectivity index (χ4v) is 4.00.